The lowest BCUT2D eigenvalue weighted by molar-refractivity contribution is -0.136. The van der Waals surface area contributed by atoms with E-state index in [1.54, 1.807) is 31.4 Å². The van der Waals surface area contributed by atoms with Gasteiger partial charge in [0.1, 0.15) is 11.5 Å². The standard InChI is InChI=1S/C17H18N2O4/c1-22-14-6-2-12(3-7-14)19-13-4-8-15(9-5-13)23-17(21)11-10-16(18)20/h2-9,19H,10-11H2,1H3,(H2,18,20). The summed E-state index contributed by atoms with van der Waals surface area (Å²) in [6.07, 6.45) is -0.0445. The maximum atomic E-state index is 11.5. The first-order valence-electron chi connectivity index (χ1n) is 7.07. The van der Waals surface area contributed by atoms with Gasteiger partial charge in [-0.05, 0) is 48.5 Å². The first-order valence-corrected chi connectivity index (χ1v) is 7.07. The highest BCUT2D eigenvalue weighted by Crippen LogP contribution is 2.22. The molecule has 0 fully saturated rings. The van der Waals surface area contributed by atoms with Crippen LogP contribution in [-0.4, -0.2) is 19.0 Å². The van der Waals surface area contributed by atoms with E-state index >= 15 is 0 Å². The molecule has 2 rings (SSSR count). The highest BCUT2D eigenvalue weighted by Gasteiger charge is 2.07. The van der Waals surface area contributed by atoms with Gasteiger partial charge in [0.15, 0.2) is 0 Å². The molecule has 0 aliphatic rings. The van der Waals surface area contributed by atoms with Crippen molar-refractivity contribution in [3.8, 4) is 11.5 Å². The van der Waals surface area contributed by atoms with Gasteiger partial charge < -0.3 is 20.5 Å². The smallest absolute Gasteiger partial charge is 0.311 e. The van der Waals surface area contributed by atoms with Crippen molar-refractivity contribution in [2.45, 2.75) is 12.8 Å². The highest BCUT2D eigenvalue weighted by molar-refractivity contribution is 5.81. The van der Waals surface area contributed by atoms with Gasteiger partial charge in [-0.1, -0.05) is 0 Å². The summed E-state index contributed by atoms with van der Waals surface area (Å²) in [6.45, 7) is 0. The van der Waals surface area contributed by atoms with E-state index in [-0.39, 0.29) is 12.8 Å². The van der Waals surface area contributed by atoms with Crippen LogP contribution in [-0.2, 0) is 9.59 Å². The zero-order valence-corrected chi connectivity index (χ0v) is 12.7. The molecule has 6 heteroatoms. The van der Waals surface area contributed by atoms with Crippen LogP contribution in [0.5, 0.6) is 11.5 Å². The number of rotatable bonds is 7. The van der Waals surface area contributed by atoms with Crippen molar-refractivity contribution in [1.82, 2.24) is 0 Å². The third-order valence-corrected chi connectivity index (χ3v) is 3.04. The van der Waals surface area contributed by atoms with E-state index in [4.69, 9.17) is 15.2 Å². The Morgan fingerprint density at radius 3 is 1.91 bits per heavy atom. The van der Waals surface area contributed by atoms with Gasteiger partial charge in [0.05, 0.1) is 13.5 Å². The van der Waals surface area contributed by atoms with Crippen molar-refractivity contribution >= 4 is 23.3 Å². The Morgan fingerprint density at radius 1 is 0.913 bits per heavy atom. The molecule has 0 bridgehead atoms. The van der Waals surface area contributed by atoms with Gasteiger partial charge in [-0.2, -0.15) is 0 Å². The first kappa shape index (κ1) is 16.4. The van der Waals surface area contributed by atoms with Crippen LogP contribution in [0.25, 0.3) is 0 Å². The van der Waals surface area contributed by atoms with Gasteiger partial charge >= 0.3 is 5.97 Å². The number of hydrogen-bond acceptors (Lipinski definition) is 5. The lowest BCUT2D eigenvalue weighted by atomic mass is 10.2. The van der Waals surface area contributed by atoms with Crippen LogP contribution in [0, 0.1) is 0 Å². The van der Waals surface area contributed by atoms with E-state index in [1.807, 2.05) is 24.3 Å². The molecule has 0 atom stereocenters. The monoisotopic (exact) mass is 314 g/mol. The van der Waals surface area contributed by atoms with Crippen LogP contribution in [0.2, 0.25) is 0 Å². The molecule has 2 aromatic carbocycles. The van der Waals surface area contributed by atoms with Gasteiger partial charge in [-0.25, -0.2) is 0 Å². The summed E-state index contributed by atoms with van der Waals surface area (Å²) < 4.78 is 10.2. The average molecular weight is 314 g/mol. The number of nitrogens with one attached hydrogen (secondary N) is 1. The number of carbonyl (C=O) groups excluding carboxylic acids is 2. The molecule has 3 N–H and O–H groups in total. The summed E-state index contributed by atoms with van der Waals surface area (Å²) in [5.41, 5.74) is 6.75. The topological polar surface area (TPSA) is 90.7 Å². The first-order chi connectivity index (χ1) is 11.1. The van der Waals surface area contributed by atoms with Gasteiger partial charge in [-0.15, -0.1) is 0 Å². The molecule has 0 aliphatic heterocycles. The molecule has 2 aromatic rings. The predicted molar refractivity (Wildman–Crippen MR) is 86.8 cm³/mol. The summed E-state index contributed by atoms with van der Waals surface area (Å²) in [5, 5.41) is 3.22. The summed E-state index contributed by atoms with van der Waals surface area (Å²) in [5.74, 6) is 0.189. The molecule has 0 saturated heterocycles. The SMILES string of the molecule is COc1ccc(Nc2ccc(OC(=O)CCC(N)=O)cc2)cc1. The van der Waals surface area contributed by atoms with Crippen LogP contribution in [0.3, 0.4) is 0 Å². The summed E-state index contributed by atoms with van der Waals surface area (Å²) in [6, 6.07) is 14.4. The molecule has 6 nitrogen and oxygen atoms in total. The van der Waals surface area contributed by atoms with Crippen LogP contribution < -0.4 is 20.5 Å². The summed E-state index contributed by atoms with van der Waals surface area (Å²) >= 11 is 0. The minimum atomic E-state index is -0.527. The number of anilines is 2. The van der Waals surface area contributed by atoms with Crippen molar-refractivity contribution in [3.63, 3.8) is 0 Å². The molecule has 0 spiro atoms. The maximum Gasteiger partial charge on any atom is 0.311 e. The van der Waals surface area contributed by atoms with E-state index in [1.165, 1.54) is 0 Å². The fourth-order valence-electron chi connectivity index (χ4n) is 1.86. The third-order valence-electron chi connectivity index (χ3n) is 3.04. The molecule has 1 amide bonds. The number of benzene rings is 2. The Kier molecular flexibility index (Phi) is 5.57. The highest BCUT2D eigenvalue weighted by atomic mass is 16.5. The predicted octanol–water partition coefficient (Wildman–Crippen LogP) is 2.61. The van der Waals surface area contributed by atoms with E-state index in [0.717, 1.165) is 17.1 Å². The molecular weight excluding hydrogens is 296 g/mol. The fourth-order valence-corrected chi connectivity index (χ4v) is 1.86. The number of ether oxygens (including phenoxy) is 2. The van der Waals surface area contributed by atoms with E-state index in [9.17, 15) is 9.59 Å². The van der Waals surface area contributed by atoms with Crippen LogP contribution in [0.1, 0.15) is 12.8 Å². The molecule has 0 saturated carbocycles. The molecular formula is C17H18N2O4. The molecule has 23 heavy (non-hydrogen) atoms. The molecule has 0 heterocycles. The quantitative estimate of drug-likeness (QED) is 0.605. The third kappa shape index (κ3) is 5.35. The second-order valence-electron chi connectivity index (χ2n) is 4.82. The van der Waals surface area contributed by atoms with Crippen molar-refractivity contribution in [1.29, 1.82) is 0 Å². The number of primary amides is 1. The van der Waals surface area contributed by atoms with Crippen LogP contribution in [0.15, 0.2) is 48.5 Å². The van der Waals surface area contributed by atoms with E-state index < -0.39 is 11.9 Å². The van der Waals surface area contributed by atoms with Gasteiger partial charge in [0.2, 0.25) is 5.91 Å². The Morgan fingerprint density at radius 2 is 1.43 bits per heavy atom. The van der Waals surface area contributed by atoms with E-state index in [0.29, 0.717) is 5.75 Å². The molecule has 120 valence electrons. The number of methoxy groups -OCH3 is 1. The minimum Gasteiger partial charge on any atom is -0.497 e. The van der Waals surface area contributed by atoms with Gasteiger partial charge in [0, 0.05) is 17.8 Å². The van der Waals surface area contributed by atoms with Gasteiger partial charge in [0.25, 0.3) is 0 Å². The number of nitrogens with two attached hydrogens (primary N) is 1. The summed E-state index contributed by atoms with van der Waals surface area (Å²) in [7, 11) is 1.62. The fraction of sp³-hybridized carbons (Fsp3) is 0.176. The van der Waals surface area contributed by atoms with Crippen molar-refractivity contribution < 1.29 is 19.1 Å². The molecule has 0 unspecified atom stereocenters. The Bertz CT molecular complexity index is 666. The van der Waals surface area contributed by atoms with Gasteiger partial charge in [-0.3, -0.25) is 9.59 Å². The lowest BCUT2D eigenvalue weighted by Gasteiger charge is -2.08. The summed E-state index contributed by atoms with van der Waals surface area (Å²) in [4.78, 5) is 22.1. The maximum absolute atomic E-state index is 11.5. The molecule has 0 radical (unpaired) electrons. The van der Waals surface area contributed by atoms with Crippen molar-refractivity contribution in [3.05, 3.63) is 48.5 Å². The van der Waals surface area contributed by atoms with Crippen molar-refractivity contribution in [2.75, 3.05) is 12.4 Å². The number of esters is 1. The second-order valence-corrected chi connectivity index (χ2v) is 4.82. The molecule has 0 aliphatic carbocycles. The van der Waals surface area contributed by atoms with Crippen LogP contribution in [0.4, 0.5) is 11.4 Å². The van der Waals surface area contributed by atoms with Crippen molar-refractivity contribution in [2.24, 2.45) is 5.73 Å². The van der Waals surface area contributed by atoms with E-state index in [2.05, 4.69) is 5.32 Å². The van der Waals surface area contributed by atoms with Crippen LogP contribution >= 0.6 is 0 Å². The zero-order valence-electron chi connectivity index (χ0n) is 12.7. The Labute approximate surface area is 134 Å². The molecule has 0 aromatic heterocycles. The largest absolute Gasteiger partial charge is 0.497 e. The average Bonchev–Trinajstić information content (AvgIpc) is 2.55. The normalized spacial score (nSPS) is 9.96. The lowest BCUT2D eigenvalue weighted by Crippen LogP contribution is -2.15. The number of carbonyl (C=O) groups is 2. The number of amides is 1. The Balaban J connectivity index is 1.90. The minimum absolute atomic E-state index is 0.0179. The number of hydrogen-bond donors (Lipinski definition) is 2. The second kappa shape index (κ2) is 7.84. The Hall–Kier alpha value is -3.02. The zero-order chi connectivity index (χ0) is 16.7.